The minimum Gasteiger partial charge on any atom is -0.356 e. The summed E-state index contributed by atoms with van der Waals surface area (Å²) in [5.41, 5.74) is 0. The molecular weight excluding hydrogens is 455 g/mol. The second-order valence-electron chi connectivity index (χ2n) is 7.61. The van der Waals surface area contributed by atoms with E-state index < -0.39 is 0 Å². The molecule has 8 heteroatoms. The number of carbonyl (C=O) groups is 1. The number of likely N-dealkylation sites (tertiary alicyclic amines) is 2. The number of carbonyl (C=O) groups excluding carboxylic acids is 1. The van der Waals surface area contributed by atoms with E-state index in [2.05, 4.69) is 25.4 Å². The summed E-state index contributed by atoms with van der Waals surface area (Å²) in [7, 11) is 5.52. The van der Waals surface area contributed by atoms with Crippen molar-refractivity contribution in [3.8, 4) is 0 Å². The summed E-state index contributed by atoms with van der Waals surface area (Å²) >= 11 is 0. The maximum absolute atomic E-state index is 12.2. The summed E-state index contributed by atoms with van der Waals surface area (Å²) < 4.78 is 0. The van der Waals surface area contributed by atoms with Crippen LogP contribution < -0.4 is 10.6 Å². The van der Waals surface area contributed by atoms with Crippen LogP contribution in [0.3, 0.4) is 0 Å². The summed E-state index contributed by atoms with van der Waals surface area (Å²) in [4.78, 5) is 23.1. The lowest BCUT2D eigenvalue weighted by Gasteiger charge is -2.27. The normalized spacial score (nSPS) is 21.6. The summed E-state index contributed by atoms with van der Waals surface area (Å²) in [6.45, 7) is 7.36. The molecule has 0 aromatic heterocycles. The van der Waals surface area contributed by atoms with Gasteiger partial charge < -0.3 is 20.4 Å². The van der Waals surface area contributed by atoms with Gasteiger partial charge in [-0.2, -0.15) is 0 Å². The van der Waals surface area contributed by atoms with E-state index in [-0.39, 0.29) is 35.9 Å². The Morgan fingerprint density at radius 3 is 2.41 bits per heavy atom. The number of piperidine rings is 1. The zero-order valence-electron chi connectivity index (χ0n) is 17.4. The highest BCUT2D eigenvalue weighted by atomic mass is 127. The van der Waals surface area contributed by atoms with Gasteiger partial charge in [-0.05, 0) is 51.7 Å². The molecule has 2 aliphatic heterocycles. The molecule has 2 aliphatic rings. The average Bonchev–Trinajstić information content (AvgIpc) is 3.12. The first kappa shape index (κ1) is 24.4. The molecule has 0 bridgehead atoms. The molecule has 1 atom stereocenters. The van der Waals surface area contributed by atoms with Gasteiger partial charge in [0.1, 0.15) is 0 Å². The first-order valence-electron chi connectivity index (χ1n) is 10.2. The predicted octanol–water partition coefficient (Wildman–Crippen LogP) is 1.20. The molecule has 1 unspecified atom stereocenters. The van der Waals surface area contributed by atoms with Gasteiger partial charge in [-0.1, -0.05) is 6.42 Å². The van der Waals surface area contributed by atoms with Crippen molar-refractivity contribution in [1.29, 1.82) is 0 Å². The van der Waals surface area contributed by atoms with E-state index in [4.69, 9.17) is 0 Å². The molecule has 0 saturated carbocycles. The molecule has 0 aromatic rings. The maximum atomic E-state index is 12.2. The highest BCUT2D eigenvalue weighted by molar-refractivity contribution is 14.0. The Kier molecular flexibility index (Phi) is 12.3. The number of nitrogens with one attached hydrogen (secondary N) is 2. The van der Waals surface area contributed by atoms with Crippen molar-refractivity contribution < 1.29 is 4.79 Å². The molecule has 1 amide bonds. The van der Waals surface area contributed by atoms with Crippen LogP contribution >= 0.6 is 24.0 Å². The standard InChI is InChI=1S/C19H38N6O.HI/c1-20-19(22-11-16-24-12-5-4-6-13-24)21-10-8-15-25-14-7-9-17(25)18(26)23(2)3;/h17H,4-16H2,1-3H3,(H2,20,21,22);1H. The van der Waals surface area contributed by atoms with Crippen LogP contribution in [0.25, 0.3) is 0 Å². The van der Waals surface area contributed by atoms with Gasteiger partial charge in [-0.3, -0.25) is 14.7 Å². The van der Waals surface area contributed by atoms with E-state index in [1.165, 1.54) is 32.4 Å². The van der Waals surface area contributed by atoms with Gasteiger partial charge in [-0.25, -0.2) is 0 Å². The SMILES string of the molecule is CN=C(NCCCN1CCCC1C(=O)N(C)C)NCCN1CCCCC1.I. The van der Waals surface area contributed by atoms with Crippen LogP contribution in [0.5, 0.6) is 0 Å². The third-order valence-corrected chi connectivity index (χ3v) is 5.40. The molecule has 27 heavy (non-hydrogen) atoms. The second-order valence-corrected chi connectivity index (χ2v) is 7.61. The van der Waals surface area contributed by atoms with Crippen LogP contribution in [-0.2, 0) is 4.79 Å². The summed E-state index contributed by atoms with van der Waals surface area (Å²) in [5.74, 6) is 1.12. The lowest BCUT2D eigenvalue weighted by atomic mass is 10.1. The maximum Gasteiger partial charge on any atom is 0.239 e. The van der Waals surface area contributed by atoms with Gasteiger partial charge >= 0.3 is 0 Å². The second kappa shape index (κ2) is 13.5. The smallest absolute Gasteiger partial charge is 0.239 e. The Bertz CT molecular complexity index is 453. The molecule has 2 fully saturated rings. The number of halogens is 1. The molecule has 7 nitrogen and oxygen atoms in total. The number of hydrogen-bond acceptors (Lipinski definition) is 4. The summed E-state index contributed by atoms with van der Waals surface area (Å²) in [6.07, 6.45) is 7.18. The predicted molar refractivity (Wildman–Crippen MR) is 123 cm³/mol. The van der Waals surface area contributed by atoms with Crippen LogP contribution in [-0.4, -0.2) is 99.6 Å². The van der Waals surface area contributed by atoms with Crippen molar-refractivity contribution in [3.05, 3.63) is 0 Å². The van der Waals surface area contributed by atoms with Crippen LogP contribution in [0.4, 0.5) is 0 Å². The van der Waals surface area contributed by atoms with Crippen molar-refractivity contribution in [2.45, 2.75) is 44.6 Å². The molecule has 0 spiro atoms. The van der Waals surface area contributed by atoms with Crippen molar-refractivity contribution in [3.63, 3.8) is 0 Å². The number of aliphatic imine (C=N–C) groups is 1. The van der Waals surface area contributed by atoms with Crippen molar-refractivity contribution in [1.82, 2.24) is 25.3 Å². The molecule has 158 valence electrons. The molecular formula is C19H39IN6O. The minimum atomic E-state index is 0. The van der Waals surface area contributed by atoms with E-state index in [1.807, 2.05) is 21.1 Å². The molecule has 2 heterocycles. The fraction of sp³-hybridized carbons (Fsp3) is 0.895. The van der Waals surface area contributed by atoms with Crippen molar-refractivity contribution >= 4 is 35.8 Å². The lowest BCUT2D eigenvalue weighted by Crippen LogP contribution is -2.45. The summed E-state index contributed by atoms with van der Waals surface area (Å²) in [5, 5.41) is 6.81. The van der Waals surface area contributed by atoms with Crippen LogP contribution in [0.1, 0.15) is 38.5 Å². The molecule has 2 rings (SSSR count). The van der Waals surface area contributed by atoms with Crippen LogP contribution in [0, 0.1) is 0 Å². The largest absolute Gasteiger partial charge is 0.356 e. The average molecular weight is 494 g/mol. The van der Waals surface area contributed by atoms with Crippen molar-refractivity contribution in [2.75, 3.05) is 67.0 Å². The number of rotatable bonds is 8. The Morgan fingerprint density at radius 2 is 1.74 bits per heavy atom. The van der Waals surface area contributed by atoms with Crippen LogP contribution in [0.2, 0.25) is 0 Å². The van der Waals surface area contributed by atoms with Crippen LogP contribution in [0.15, 0.2) is 4.99 Å². The summed E-state index contributed by atoms with van der Waals surface area (Å²) in [6, 6.07) is 0.0759. The molecule has 0 aromatic carbocycles. The topological polar surface area (TPSA) is 63.2 Å². The van der Waals surface area contributed by atoms with Crippen molar-refractivity contribution in [2.24, 2.45) is 4.99 Å². The van der Waals surface area contributed by atoms with E-state index in [9.17, 15) is 4.79 Å². The minimum absolute atomic E-state index is 0. The first-order valence-corrected chi connectivity index (χ1v) is 10.2. The lowest BCUT2D eigenvalue weighted by molar-refractivity contribution is -0.133. The first-order chi connectivity index (χ1) is 12.6. The van der Waals surface area contributed by atoms with Gasteiger partial charge in [0.05, 0.1) is 6.04 Å². The van der Waals surface area contributed by atoms with E-state index in [0.717, 1.165) is 57.9 Å². The number of guanidine groups is 1. The van der Waals surface area contributed by atoms with Gasteiger partial charge in [0, 0.05) is 47.3 Å². The Balaban J connectivity index is 0.00000364. The third kappa shape index (κ3) is 8.51. The van der Waals surface area contributed by atoms with Gasteiger partial charge in [0.2, 0.25) is 5.91 Å². The monoisotopic (exact) mass is 494 g/mol. The zero-order valence-corrected chi connectivity index (χ0v) is 19.7. The number of amides is 1. The number of likely N-dealkylation sites (N-methyl/N-ethyl adjacent to an activating group) is 1. The third-order valence-electron chi connectivity index (χ3n) is 5.40. The Morgan fingerprint density at radius 1 is 1.04 bits per heavy atom. The highest BCUT2D eigenvalue weighted by Crippen LogP contribution is 2.18. The van der Waals surface area contributed by atoms with E-state index >= 15 is 0 Å². The number of nitrogens with zero attached hydrogens (tertiary/aromatic N) is 4. The molecule has 0 aliphatic carbocycles. The molecule has 2 N–H and O–H groups in total. The Labute approximate surface area is 182 Å². The van der Waals surface area contributed by atoms with E-state index in [1.54, 1.807) is 4.90 Å². The van der Waals surface area contributed by atoms with E-state index in [0.29, 0.717) is 0 Å². The Hall–Kier alpha value is -0.610. The van der Waals surface area contributed by atoms with Gasteiger partial charge in [0.25, 0.3) is 0 Å². The highest BCUT2D eigenvalue weighted by Gasteiger charge is 2.30. The zero-order chi connectivity index (χ0) is 18.8. The number of hydrogen-bond donors (Lipinski definition) is 2. The molecule has 2 saturated heterocycles. The fourth-order valence-electron chi connectivity index (χ4n) is 3.90. The van der Waals surface area contributed by atoms with Gasteiger partial charge in [0.15, 0.2) is 5.96 Å². The van der Waals surface area contributed by atoms with Gasteiger partial charge in [-0.15, -0.1) is 24.0 Å². The molecule has 0 radical (unpaired) electrons. The fourth-order valence-corrected chi connectivity index (χ4v) is 3.90. The quantitative estimate of drug-likeness (QED) is 0.230.